The van der Waals surface area contributed by atoms with Gasteiger partial charge in [0.05, 0.1) is 37.0 Å². The molecule has 54 heavy (non-hydrogen) atoms. The van der Waals surface area contributed by atoms with Crippen molar-refractivity contribution >= 4 is 56.3 Å². The quantitative estimate of drug-likeness (QED) is 0.139. The summed E-state index contributed by atoms with van der Waals surface area (Å²) in [5, 5.41) is 0. The summed E-state index contributed by atoms with van der Waals surface area (Å²) in [6, 6.07) is 29.4. The van der Waals surface area contributed by atoms with Crippen LogP contribution in [0, 0.1) is 0 Å². The first kappa shape index (κ1) is 36.3. The third-order valence-electron chi connectivity index (χ3n) is 10.7. The van der Waals surface area contributed by atoms with Crippen LogP contribution in [0.5, 0.6) is 0 Å². The van der Waals surface area contributed by atoms with Gasteiger partial charge in [-0.15, -0.1) is 0 Å². The highest BCUT2D eigenvalue weighted by molar-refractivity contribution is 6.05. The third kappa shape index (κ3) is 6.92. The normalized spacial score (nSPS) is 12.7. The maximum Gasteiger partial charge on any atom is 0.305 e. The fourth-order valence-electron chi connectivity index (χ4n) is 7.85. The number of aryl methyl sites for hydroxylation is 2. The van der Waals surface area contributed by atoms with Crippen LogP contribution >= 0.6 is 0 Å². The minimum absolute atomic E-state index is 0.251. The molecule has 5 heterocycles. The van der Waals surface area contributed by atoms with E-state index in [1.807, 2.05) is 12.1 Å². The molecule has 0 radical (unpaired) electrons. The molecule has 0 spiro atoms. The van der Waals surface area contributed by atoms with E-state index in [2.05, 4.69) is 110 Å². The molecule has 0 aliphatic carbocycles. The zero-order valence-corrected chi connectivity index (χ0v) is 31.9. The number of aromatic amines is 2. The van der Waals surface area contributed by atoms with Crippen molar-refractivity contribution in [1.29, 1.82) is 0 Å². The Balaban J connectivity index is 1.65. The molecule has 2 aromatic carbocycles. The van der Waals surface area contributed by atoms with E-state index in [9.17, 15) is 9.59 Å². The van der Waals surface area contributed by atoms with Crippen molar-refractivity contribution in [2.45, 2.75) is 66.2 Å². The average Bonchev–Trinajstić information content (AvgIpc) is 3.90. The minimum Gasteiger partial charge on any atom is -0.469 e. The molecule has 8 bridgehead atoms. The molecule has 8 heteroatoms. The molecule has 2 N–H and O–H groups in total. The van der Waals surface area contributed by atoms with E-state index in [1.54, 1.807) is 0 Å². The van der Waals surface area contributed by atoms with E-state index in [0.29, 0.717) is 12.8 Å². The van der Waals surface area contributed by atoms with Crippen molar-refractivity contribution in [3.63, 3.8) is 0 Å². The lowest BCUT2D eigenvalue weighted by Gasteiger charge is -2.07. The van der Waals surface area contributed by atoms with Crippen LogP contribution in [0.2, 0.25) is 0 Å². The molecular weight excluding hydrogens is 673 g/mol. The van der Waals surface area contributed by atoms with Crippen molar-refractivity contribution < 1.29 is 19.1 Å². The number of carbonyl (C=O) groups is 2. The van der Waals surface area contributed by atoms with Crippen LogP contribution in [0.3, 0.4) is 0 Å². The van der Waals surface area contributed by atoms with Gasteiger partial charge in [-0.05, 0) is 108 Å². The molecule has 0 atom stereocenters. The topological polar surface area (TPSA) is 110 Å². The van der Waals surface area contributed by atoms with Gasteiger partial charge in [-0.3, -0.25) is 9.59 Å². The highest BCUT2D eigenvalue weighted by atomic mass is 16.5. The molecule has 7 rings (SSSR count). The molecule has 0 saturated heterocycles. The monoisotopic (exact) mass is 718 g/mol. The Kier molecular flexibility index (Phi) is 10.4. The number of allylic oxidation sites excluding steroid dienone is 4. The first-order chi connectivity index (χ1) is 26.2. The van der Waals surface area contributed by atoms with Crippen molar-refractivity contribution in [2.75, 3.05) is 14.2 Å². The lowest BCUT2D eigenvalue weighted by molar-refractivity contribution is -0.141. The molecule has 0 fully saturated rings. The standard InChI is InChI=1S/C46H46N4O4/c1-7-31-32(8-2)38-26-40-34(20-22-44(52)54-6)28(4)36(48-40)24-42-46(30-17-13-10-14-18-30)45(29-15-11-9-12-16-29)41(50-42)23-35-27(3)33(19-21-43(51)53-5)39(47-35)25-37(31)49-38/h9-18,23-26,49-50H,7-8,19-22H2,1-6H3. The molecule has 0 unspecified atom stereocenters. The zero-order chi connectivity index (χ0) is 37.9. The van der Waals surface area contributed by atoms with E-state index < -0.39 is 0 Å². The summed E-state index contributed by atoms with van der Waals surface area (Å²) < 4.78 is 10.1. The smallest absolute Gasteiger partial charge is 0.305 e. The summed E-state index contributed by atoms with van der Waals surface area (Å²) in [7, 11) is 2.85. The van der Waals surface area contributed by atoms with Crippen molar-refractivity contribution in [3.8, 4) is 22.3 Å². The lowest BCUT2D eigenvalue weighted by atomic mass is 9.95. The highest BCUT2D eigenvalue weighted by Crippen LogP contribution is 2.42. The van der Waals surface area contributed by atoms with Crippen molar-refractivity contribution in [2.24, 2.45) is 0 Å². The van der Waals surface area contributed by atoms with Crippen molar-refractivity contribution in [3.05, 3.63) is 119 Å². The number of aromatic nitrogens is 4. The summed E-state index contributed by atoms with van der Waals surface area (Å²) >= 11 is 0. The number of fused-ring (bicyclic) bond motifs is 8. The minimum atomic E-state index is -0.257. The van der Waals surface area contributed by atoms with Gasteiger partial charge < -0.3 is 19.4 Å². The van der Waals surface area contributed by atoms with Gasteiger partial charge in [0.25, 0.3) is 0 Å². The number of hydrogen-bond acceptors (Lipinski definition) is 6. The van der Waals surface area contributed by atoms with Gasteiger partial charge in [-0.2, -0.15) is 0 Å². The molecule has 0 saturated carbocycles. The van der Waals surface area contributed by atoms with Crippen molar-refractivity contribution in [1.82, 2.24) is 19.9 Å². The summed E-state index contributed by atoms with van der Waals surface area (Å²) in [6.45, 7) is 8.52. The number of methoxy groups -OCH3 is 2. The predicted molar refractivity (Wildman–Crippen MR) is 218 cm³/mol. The number of ether oxygens (including phenoxy) is 2. The lowest BCUT2D eigenvalue weighted by Crippen LogP contribution is -2.00. The molecule has 2 aliphatic heterocycles. The largest absolute Gasteiger partial charge is 0.469 e. The van der Waals surface area contributed by atoms with Gasteiger partial charge in [-0.25, -0.2) is 9.97 Å². The molecule has 5 aromatic rings. The van der Waals surface area contributed by atoms with Gasteiger partial charge in [-0.1, -0.05) is 74.5 Å². The van der Waals surface area contributed by atoms with Crippen LogP contribution in [-0.2, 0) is 31.9 Å². The number of benzene rings is 2. The zero-order valence-electron chi connectivity index (χ0n) is 31.9. The second-order valence-corrected chi connectivity index (χ2v) is 13.8. The van der Waals surface area contributed by atoms with Gasteiger partial charge in [0.2, 0.25) is 0 Å². The van der Waals surface area contributed by atoms with E-state index in [-0.39, 0.29) is 24.8 Å². The van der Waals surface area contributed by atoms with Crippen LogP contribution in [0.15, 0.2) is 84.9 Å². The first-order valence-corrected chi connectivity index (χ1v) is 18.7. The summed E-state index contributed by atoms with van der Waals surface area (Å²) in [5.74, 6) is -0.513. The van der Waals surface area contributed by atoms with Gasteiger partial charge in [0.15, 0.2) is 0 Å². The van der Waals surface area contributed by atoms with E-state index in [1.165, 1.54) is 25.3 Å². The number of carbonyl (C=O) groups excluding carboxylic acids is 2. The summed E-state index contributed by atoms with van der Waals surface area (Å²) in [6.07, 6.45) is 3.15. The van der Waals surface area contributed by atoms with Crippen LogP contribution in [-0.4, -0.2) is 46.1 Å². The highest BCUT2D eigenvalue weighted by Gasteiger charge is 2.23. The molecule has 8 nitrogen and oxygen atoms in total. The number of nitrogens with zero attached hydrogens (tertiary/aromatic N) is 2. The van der Waals surface area contributed by atoms with Crippen LogP contribution in [0.25, 0.3) is 66.6 Å². The van der Waals surface area contributed by atoms with Crippen LogP contribution < -0.4 is 0 Å². The number of nitrogens with one attached hydrogen (secondary N) is 2. The molecule has 0 amide bonds. The number of H-pyrrole nitrogens is 2. The number of hydrogen-bond donors (Lipinski definition) is 2. The Hall–Kier alpha value is -6.02. The van der Waals surface area contributed by atoms with E-state index in [4.69, 9.17) is 19.4 Å². The third-order valence-corrected chi connectivity index (χ3v) is 10.7. The Labute approximate surface area is 316 Å². The summed E-state index contributed by atoms with van der Waals surface area (Å²) in [4.78, 5) is 43.0. The fraction of sp³-hybridized carbons (Fsp3) is 0.261. The van der Waals surface area contributed by atoms with Gasteiger partial charge in [0, 0.05) is 46.0 Å². The average molecular weight is 719 g/mol. The Morgan fingerprint density at radius 2 is 0.926 bits per heavy atom. The number of rotatable bonds is 10. The van der Waals surface area contributed by atoms with E-state index in [0.717, 1.165) is 102 Å². The summed E-state index contributed by atoms with van der Waals surface area (Å²) in [5.41, 5.74) is 17.9. The Bertz CT molecular complexity index is 2320. The number of esters is 2. The van der Waals surface area contributed by atoms with E-state index >= 15 is 0 Å². The second kappa shape index (κ2) is 15.5. The molecule has 274 valence electrons. The SMILES string of the molecule is CCc1c(CC)c2cc3nc(cc4[nH]c(cc5nc(cc1[nH]2)C(CCC(=O)OC)=C5C)c(-c1ccccc1)c4-c1ccccc1)C(C)=C3CCC(=O)OC. The van der Waals surface area contributed by atoms with Crippen LogP contribution in [0.1, 0.15) is 87.3 Å². The Morgan fingerprint density at radius 1 is 0.556 bits per heavy atom. The predicted octanol–water partition coefficient (Wildman–Crippen LogP) is 10.5. The van der Waals surface area contributed by atoms with Gasteiger partial charge >= 0.3 is 11.9 Å². The maximum atomic E-state index is 12.4. The molecule has 2 aliphatic rings. The Morgan fingerprint density at radius 3 is 1.30 bits per heavy atom. The fourth-order valence-corrected chi connectivity index (χ4v) is 7.85. The second-order valence-electron chi connectivity index (χ2n) is 13.8. The molecular formula is C46H46N4O4. The molecule has 3 aromatic heterocycles. The van der Waals surface area contributed by atoms with Crippen LogP contribution in [0.4, 0.5) is 0 Å². The van der Waals surface area contributed by atoms with Gasteiger partial charge in [0.1, 0.15) is 0 Å². The maximum absolute atomic E-state index is 12.4. The first-order valence-electron chi connectivity index (χ1n) is 18.7.